The van der Waals surface area contributed by atoms with Crippen LogP contribution in [-0.2, 0) is 4.74 Å². The topological polar surface area (TPSA) is 48.0 Å². The summed E-state index contributed by atoms with van der Waals surface area (Å²) in [5.41, 5.74) is 0. The SMILES string of the molecule is CCOCCN(C)CC(O)CN1CCNCC1. The van der Waals surface area contributed by atoms with E-state index in [4.69, 9.17) is 4.74 Å². The van der Waals surface area contributed by atoms with Gasteiger partial charge in [0.25, 0.3) is 0 Å². The van der Waals surface area contributed by atoms with Crippen LogP contribution in [0.5, 0.6) is 0 Å². The van der Waals surface area contributed by atoms with Crippen LogP contribution in [0, 0.1) is 0 Å². The molecule has 1 unspecified atom stereocenters. The molecule has 0 bridgehead atoms. The van der Waals surface area contributed by atoms with Gasteiger partial charge in [-0.3, -0.25) is 4.90 Å². The van der Waals surface area contributed by atoms with Crippen molar-refractivity contribution < 1.29 is 9.84 Å². The highest BCUT2D eigenvalue weighted by Gasteiger charge is 2.15. The van der Waals surface area contributed by atoms with Gasteiger partial charge in [-0.15, -0.1) is 0 Å². The minimum Gasteiger partial charge on any atom is -0.390 e. The number of aliphatic hydroxyl groups excluding tert-OH is 1. The van der Waals surface area contributed by atoms with Crippen LogP contribution in [0.4, 0.5) is 0 Å². The Labute approximate surface area is 105 Å². The summed E-state index contributed by atoms with van der Waals surface area (Å²) in [6.07, 6.45) is -0.264. The van der Waals surface area contributed by atoms with Crippen molar-refractivity contribution in [2.75, 3.05) is 66.1 Å². The summed E-state index contributed by atoms with van der Waals surface area (Å²) in [7, 11) is 2.03. The highest BCUT2D eigenvalue weighted by Crippen LogP contribution is 1.97. The van der Waals surface area contributed by atoms with Crippen molar-refractivity contribution in [3.63, 3.8) is 0 Å². The second-order valence-electron chi connectivity index (χ2n) is 4.66. The molecular weight excluding hydrogens is 218 g/mol. The Morgan fingerprint density at radius 1 is 1.41 bits per heavy atom. The van der Waals surface area contributed by atoms with Crippen molar-refractivity contribution in [3.8, 4) is 0 Å². The zero-order chi connectivity index (χ0) is 12.5. The summed E-state index contributed by atoms with van der Waals surface area (Å²) in [5, 5.41) is 13.3. The molecule has 0 aromatic rings. The lowest BCUT2D eigenvalue weighted by molar-refractivity contribution is 0.0626. The maximum atomic E-state index is 9.98. The zero-order valence-corrected chi connectivity index (χ0v) is 11.2. The maximum Gasteiger partial charge on any atom is 0.0793 e. The van der Waals surface area contributed by atoms with Crippen LogP contribution in [0.15, 0.2) is 0 Å². The lowest BCUT2D eigenvalue weighted by Gasteiger charge is -2.30. The van der Waals surface area contributed by atoms with Crippen molar-refractivity contribution >= 4 is 0 Å². The fourth-order valence-electron chi connectivity index (χ4n) is 2.07. The van der Waals surface area contributed by atoms with E-state index in [1.165, 1.54) is 0 Å². The van der Waals surface area contributed by atoms with Gasteiger partial charge in [-0.25, -0.2) is 0 Å². The van der Waals surface area contributed by atoms with Crippen LogP contribution in [0.2, 0.25) is 0 Å². The van der Waals surface area contributed by atoms with Gasteiger partial charge in [-0.2, -0.15) is 0 Å². The number of β-amino-alcohol motifs (C(OH)–C–C–N with tert-alkyl or cyclic N) is 1. The molecule has 17 heavy (non-hydrogen) atoms. The molecule has 1 aliphatic rings. The number of ether oxygens (including phenoxy) is 1. The molecule has 0 spiro atoms. The molecule has 1 atom stereocenters. The normalized spacial score (nSPS) is 19.8. The lowest BCUT2D eigenvalue weighted by atomic mass is 10.2. The van der Waals surface area contributed by atoms with E-state index < -0.39 is 0 Å². The van der Waals surface area contributed by atoms with Gasteiger partial charge in [0.1, 0.15) is 0 Å². The fraction of sp³-hybridized carbons (Fsp3) is 1.00. The average Bonchev–Trinajstić information content (AvgIpc) is 2.30. The predicted octanol–water partition coefficient (Wildman–Crippen LogP) is -0.779. The summed E-state index contributed by atoms with van der Waals surface area (Å²) in [6.45, 7) is 10.0. The Kier molecular flexibility index (Phi) is 7.72. The molecule has 1 heterocycles. The number of rotatable bonds is 8. The standard InChI is InChI=1S/C12H27N3O2/c1-3-17-9-8-14(2)10-12(16)11-15-6-4-13-5-7-15/h12-13,16H,3-11H2,1-2H3. The number of aliphatic hydroxyl groups is 1. The van der Waals surface area contributed by atoms with Crippen molar-refractivity contribution in [3.05, 3.63) is 0 Å². The lowest BCUT2D eigenvalue weighted by Crippen LogP contribution is -2.48. The number of likely N-dealkylation sites (N-methyl/N-ethyl adjacent to an activating group) is 1. The molecule has 1 fully saturated rings. The number of hydrogen-bond acceptors (Lipinski definition) is 5. The van der Waals surface area contributed by atoms with E-state index in [1.54, 1.807) is 0 Å². The van der Waals surface area contributed by atoms with Crippen LogP contribution in [-0.4, -0.2) is 87.1 Å². The Bertz CT molecular complexity index is 187. The Balaban J connectivity index is 2.07. The van der Waals surface area contributed by atoms with Gasteiger partial charge in [-0.1, -0.05) is 0 Å². The summed E-state index contributed by atoms with van der Waals surface area (Å²) in [4.78, 5) is 4.44. The third-order valence-corrected chi connectivity index (χ3v) is 3.02. The van der Waals surface area contributed by atoms with Gasteiger partial charge in [0.15, 0.2) is 0 Å². The third-order valence-electron chi connectivity index (χ3n) is 3.02. The van der Waals surface area contributed by atoms with Crippen LogP contribution in [0.25, 0.3) is 0 Å². The van der Waals surface area contributed by atoms with E-state index in [0.29, 0.717) is 0 Å². The zero-order valence-electron chi connectivity index (χ0n) is 11.2. The number of hydrogen-bond donors (Lipinski definition) is 2. The maximum absolute atomic E-state index is 9.98. The van der Waals surface area contributed by atoms with Gasteiger partial charge in [0, 0.05) is 52.4 Å². The van der Waals surface area contributed by atoms with Gasteiger partial charge in [0.05, 0.1) is 12.7 Å². The quantitative estimate of drug-likeness (QED) is 0.550. The van der Waals surface area contributed by atoms with E-state index in [1.807, 2.05) is 14.0 Å². The summed E-state index contributed by atoms with van der Waals surface area (Å²) >= 11 is 0. The molecule has 0 aliphatic carbocycles. The number of nitrogens with zero attached hydrogens (tertiary/aromatic N) is 2. The molecule has 0 saturated carbocycles. The monoisotopic (exact) mass is 245 g/mol. The Morgan fingerprint density at radius 2 is 2.12 bits per heavy atom. The van der Waals surface area contributed by atoms with Gasteiger partial charge in [-0.05, 0) is 14.0 Å². The van der Waals surface area contributed by atoms with Crippen LogP contribution in [0.1, 0.15) is 6.92 Å². The average molecular weight is 245 g/mol. The molecule has 1 aliphatic heterocycles. The summed E-state index contributed by atoms with van der Waals surface area (Å²) < 4.78 is 5.29. The molecule has 102 valence electrons. The van der Waals surface area contributed by atoms with Crippen molar-refractivity contribution in [1.82, 2.24) is 15.1 Å². The van der Waals surface area contributed by atoms with Crippen LogP contribution < -0.4 is 5.32 Å². The molecule has 5 heteroatoms. The van der Waals surface area contributed by atoms with Gasteiger partial charge in [0.2, 0.25) is 0 Å². The second-order valence-corrected chi connectivity index (χ2v) is 4.66. The first-order valence-corrected chi connectivity index (χ1v) is 6.59. The summed E-state index contributed by atoms with van der Waals surface area (Å²) in [6, 6.07) is 0. The smallest absolute Gasteiger partial charge is 0.0793 e. The van der Waals surface area contributed by atoms with E-state index >= 15 is 0 Å². The van der Waals surface area contributed by atoms with Crippen LogP contribution in [0.3, 0.4) is 0 Å². The molecule has 2 N–H and O–H groups in total. The third kappa shape index (κ3) is 6.95. The first-order valence-electron chi connectivity index (χ1n) is 6.59. The highest BCUT2D eigenvalue weighted by molar-refractivity contribution is 4.72. The van der Waals surface area contributed by atoms with Crippen molar-refractivity contribution in [1.29, 1.82) is 0 Å². The van der Waals surface area contributed by atoms with E-state index in [0.717, 1.165) is 59.0 Å². The minimum atomic E-state index is -0.264. The molecule has 1 saturated heterocycles. The Hall–Kier alpha value is -0.200. The van der Waals surface area contributed by atoms with Crippen molar-refractivity contribution in [2.24, 2.45) is 0 Å². The van der Waals surface area contributed by atoms with E-state index in [2.05, 4.69) is 15.1 Å². The molecule has 0 aromatic carbocycles. The highest BCUT2D eigenvalue weighted by atomic mass is 16.5. The first kappa shape index (κ1) is 14.9. The predicted molar refractivity (Wildman–Crippen MR) is 69.3 cm³/mol. The second kappa shape index (κ2) is 8.83. The molecular formula is C12H27N3O2. The van der Waals surface area contributed by atoms with Crippen LogP contribution >= 0.6 is 0 Å². The minimum absolute atomic E-state index is 0.264. The van der Waals surface area contributed by atoms with Crippen molar-refractivity contribution in [2.45, 2.75) is 13.0 Å². The summed E-state index contributed by atoms with van der Waals surface area (Å²) in [5.74, 6) is 0. The molecule has 1 rings (SSSR count). The fourth-order valence-corrected chi connectivity index (χ4v) is 2.07. The molecule has 0 radical (unpaired) electrons. The van der Waals surface area contributed by atoms with E-state index in [9.17, 15) is 5.11 Å². The number of piperazine rings is 1. The Morgan fingerprint density at radius 3 is 2.76 bits per heavy atom. The van der Waals surface area contributed by atoms with E-state index in [-0.39, 0.29) is 6.10 Å². The molecule has 0 aromatic heterocycles. The molecule has 5 nitrogen and oxygen atoms in total. The molecule has 0 amide bonds. The van der Waals surface area contributed by atoms with Gasteiger partial charge >= 0.3 is 0 Å². The number of nitrogens with one attached hydrogen (secondary N) is 1. The van der Waals surface area contributed by atoms with Gasteiger partial charge < -0.3 is 20.1 Å². The first-order chi connectivity index (χ1) is 8.22. The largest absolute Gasteiger partial charge is 0.390 e.